The van der Waals surface area contributed by atoms with Crippen molar-refractivity contribution in [3.63, 3.8) is 0 Å². The molecule has 0 atom stereocenters. The van der Waals surface area contributed by atoms with Gasteiger partial charge in [-0.3, -0.25) is 4.98 Å². The number of ether oxygens (including phenoxy) is 2. The minimum absolute atomic E-state index is 0.217. The Labute approximate surface area is 139 Å². The van der Waals surface area contributed by atoms with Crippen LogP contribution in [0.1, 0.15) is 17.1 Å². The summed E-state index contributed by atoms with van der Waals surface area (Å²) in [5.41, 5.74) is 1.69. The van der Waals surface area contributed by atoms with Crippen LogP contribution in [0.15, 0.2) is 40.9 Å². The number of nitrogens with zero attached hydrogens (tertiary/aromatic N) is 2. The fraction of sp³-hybridized carbons (Fsp3) is 0.222. The predicted octanol–water partition coefficient (Wildman–Crippen LogP) is 4.08. The van der Waals surface area contributed by atoms with Gasteiger partial charge in [0.1, 0.15) is 35.4 Å². The summed E-state index contributed by atoms with van der Waals surface area (Å²) in [5, 5.41) is 0. The largest absolute Gasteiger partial charge is 0.497 e. The van der Waals surface area contributed by atoms with Crippen molar-refractivity contribution in [3.8, 4) is 23.0 Å². The molecule has 6 heteroatoms. The summed E-state index contributed by atoms with van der Waals surface area (Å²) >= 11 is 0. The molecule has 0 N–H and O–H groups in total. The first-order valence-electron chi connectivity index (χ1n) is 7.43. The smallest absolute Gasteiger partial charge is 0.229 e. The van der Waals surface area contributed by atoms with Crippen LogP contribution in [0.3, 0.4) is 0 Å². The van der Waals surface area contributed by atoms with Gasteiger partial charge in [0.05, 0.1) is 18.4 Å². The van der Waals surface area contributed by atoms with E-state index in [1.54, 1.807) is 31.3 Å². The van der Waals surface area contributed by atoms with E-state index in [0.717, 1.165) is 5.69 Å². The predicted molar refractivity (Wildman–Crippen MR) is 86.5 cm³/mol. The minimum atomic E-state index is -0.453. The molecule has 3 rings (SSSR count). The normalized spacial score (nSPS) is 10.7. The van der Waals surface area contributed by atoms with Crippen LogP contribution in [-0.4, -0.2) is 17.1 Å². The maximum Gasteiger partial charge on any atom is 0.229 e. The van der Waals surface area contributed by atoms with Gasteiger partial charge in [-0.15, -0.1) is 0 Å². The molecule has 0 saturated heterocycles. The van der Waals surface area contributed by atoms with Gasteiger partial charge in [-0.2, -0.15) is 0 Å². The average Bonchev–Trinajstić information content (AvgIpc) is 2.94. The minimum Gasteiger partial charge on any atom is -0.497 e. The van der Waals surface area contributed by atoms with E-state index in [-0.39, 0.29) is 18.1 Å². The van der Waals surface area contributed by atoms with Crippen LogP contribution >= 0.6 is 0 Å². The maximum absolute atomic E-state index is 14.1. The second kappa shape index (κ2) is 6.70. The molecule has 0 spiro atoms. The zero-order valence-electron chi connectivity index (χ0n) is 13.7. The second-order valence-corrected chi connectivity index (χ2v) is 5.24. The molecule has 1 aromatic carbocycles. The van der Waals surface area contributed by atoms with E-state index < -0.39 is 5.82 Å². The lowest BCUT2D eigenvalue weighted by Gasteiger charge is -2.06. The molecule has 0 aliphatic rings. The summed E-state index contributed by atoms with van der Waals surface area (Å²) in [5.74, 6) is 1.47. The highest BCUT2D eigenvalue weighted by Crippen LogP contribution is 2.28. The first-order valence-corrected chi connectivity index (χ1v) is 7.43. The molecule has 0 bridgehead atoms. The number of rotatable bonds is 5. The quantitative estimate of drug-likeness (QED) is 0.706. The van der Waals surface area contributed by atoms with Crippen molar-refractivity contribution >= 4 is 0 Å². The van der Waals surface area contributed by atoms with E-state index in [1.807, 2.05) is 13.0 Å². The molecule has 2 aromatic heterocycles. The molecule has 0 saturated carbocycles. The molecule has 0 amide bonds. The highest BCUT2D eigenvalue weighted by Gasteiger charge is 2.16. The molecule has 0 radical (unpaired) electrons. The van der Waals surface area contributed by atoms with E-state index in [9.17, 15) is 4.39 Å². The summed E-state index contributed by atoms with van der Waals surface area (Å²) in [6.07, 6.45) is 1.70. The van der Waals surface area contributed by atoms with Gasteiger partial charge in [-0.1, -0.05) is 0 Å². The molecule has 5 nitrogen and oxygen atoms in total. The third-order valence-electron chi connectivity index (χ3n) is 3.62. The molecule has 0 aliphatic heterocycles. The van der Waals surface area contributed by atoms with E-state index in [4.69, 9.17) is 13.9 Å². The Bertz CT molecular complexity index is 861. The van der Waals surface area contributed by atoms with Gasteiger partial charge in [0.25, 0.3) is 0 Å². The summed E-state index contributed by atoms with van der Waals surface area (Å²) < 4.78 is 30.5. The van der Waals surface area contributed by atoms with Crippen LogP contribution in [0.4, 0.5) is 4.39 Å². The fourth-order valence-electron chi connectivity index (χ4n) is 2.24. The number of halogens is 1. The number of benzene rings is 1. The second-order valence-electron chi connectivity index (χ2n) is 5.24. The Hall–Kier alpha value is -2.89. The number of hydrogen-bond donors (Lipinski definition) is 0. The van der Waals surface area contributed by atoms with E-state index in [0.29, 0.717) is 23.0 Å². The van der Waals surface area contributed by atoms with Crippen molar-refractivity contribution in [2.45, 2.75) is 20.5 Å². The van der Waals surface area contributed by atoms with Crippen LogP contribution in [0.25, 0.3) is 11.5 Å². The first kappa shape index (κ1) is 16.0. The molecular formula is C18H17FN2O3. The Morgan fingerprint density at radius 2 is 2.04 bits per heavy atom. The fourth-order valence-corrected chi connectivity index (χ4v) is 2.24. The van der Waals surface area contributed by atoms with Crippen molar-refractivity contribution in [3.05, 3.63) is 59.5 Å². The number of aromatic nitrogens is 2. The zero-order chi connectivity index (χ0) is 17.1. The van der Waals surface area contributed by atoms with Crippen molar-refractivity contribution in [2.75, 3.05) is 7.11 Å². The Kier molecular flexibility index (Phi) is 4.46. The molecule has 0 unspecified atom stereocenters. The van der Waals surface area contributed by atoms with Crippen LogP contribution in [-0.2, 0) is 6.61 Å². The van der Waals surface area contributed by atoms with Gasteiger partial charge in [0.15, 0.2) is 0 Å². The number of methoxy groups -OCH3 is 1. The van der Waals surface area contributed by atoms with E-state index >= 15 is 0 Å². The number of hydrogen-bond acceptors (Lipinski definition) is 5. The van der Waals surface area contributed by atoms with Gasteiger partial charge >= 0.3 is 0 Å². The topological polar surface area (TPSA) is 57.4 Å². The molecular weight excluding hydrogens is 311 g/mol. The van der Waals surface area contributed by atoms with Crippen LogP contribution in [0, 0.1) is 19.7 Å². The van der Waals surface area contributed by atoms with Gasteiger partial charge in [0.2, 0.25) is 5.89 Å². The van der Waals surface area contributed by atoms with Crippen LogP contribution in [0.5, 0.6) is 11.5 Å². The van der Waals surface area contributed by atoms with Crippen molar-refractivity contribution < 1.29 is 18.3 Å². The van der Waals surface area contributed by atoms with E-state index in [2.05, 4.69) is 9.97 Å². The Morgan fingerprint density at radius 1 is 1.21 bits per heavy atom. The van der Waals surface area contributed by atoms with Crippen molar-refractivity contribution in [2.24, 2.45) is 0 Å². The maximum atomic E-state index is 14.1. The monoisotopic (exact) mass is 328 g/mol. The molecule has 3 aromatic rings. The Balaban J connectivity index is 1.81. The van der Waals surface area contributed by atoms with Gasteiger partial charge in [-0.25, -0.2) is 9.37 Å². The molecule has 0 fully saturated rings. The van der Waals surface area contributed by atoms with E-state index in [1.165, 1.54) is 13.2 Å². The third kappa shape index (κ3) is 3.22. The standard InChI is InChI=1S/C18H17FN2O3/c1-11-17(5-4-8-20-11)23-10-16-12(2)24-18(21-16)14-7-6-13(22-3)9-15(14)19/h4-9H,10H2,1-3H3. The number of pyridine rings is 1. The van der Waals surface area contributed by atoms with Crippen molar-refractivity contribution in [1.82, 2.24) is 9.97 Å². The lowest BCUT2D eigenvalue weighted by atomic mass is 10.2. The molecule has 2 heterocycles. The van der Waals surface area contributed by atoms with Crippen molar-refractivity contribution in [1.29, 1.82) is 0 Å². The van der Waals surface area contributed by atoms with Gasteiger partial charge < -0.3 is 13.9 Å². The molecule has 124 valence electrons. The average molecular weight is 328 g/mol. The summed E-state index contributed by atoms with van der Waals surface area (Å²) in [6, 6.07) is 8.17. The van der Waals surface area contributed by atoms with Crippen LogP contribution < -0.4 is 9.47 Å². The molecule has 0 aliphatic carbocycles. The summed E-state index contributed by atoms with van der Waals surface area (Å²) in [4.78, 5) is 8.51. The third-order valence-corrected chi connectivity index (χ3v) is 3.62. The lowest BCUT2D eigenvalue weighted by molar-refractivity contribution is 0.296. The number of oxazole rings is 1. The summed E-state index contributed by atoms with van der Waals surface area (Å²) in [6.45, 7) is 3.86. The Morgan fingerprint density at radius 3 is 2.75 bits per heavy atom. The first-order chi connectivity index (χ1) is 11.6. The SMILES string of the molecule is COc1ccc(-c2nc(COc3cccnc3C)c(C)o2)c(F)c1. The lowest BCUT2D eigenvalue weighted by Crippen LogP contribution is -1.99. The summed E-state index contributed by atoms with van der Waals surface area (Å²) in [7, 11) is 1.49. The highest BCUT2D eigenvalue weighted by molar-refractivity contribution is 5.56. The number of aryl methyl sites for hydroxylation is 2. The zero-order valence-corrected chi connectivity index (χ0v) is 13.7. The molecule has 24 heavy (non-hydrogen) atoms. The van der Waals surface area contributed by atoms with Gasteiger partial charge in [0, 0.05) is 12.3 Å². The van der Waals surface area contributed by atoms with Crippen LogP contribution in [0.2, 0.25) is 0 Å². The highest BCUT2D eigenvalue weighted by atomic mass is 19.1. The van der Waals surface area contributed by atoms with Gasteiger partial charge in [-0.05, 0) is 38.1 Å².